The van der Waals surface area contributed by atoms with Crippen LogP contribution < -0.4 is 11.2 Å². The van der Waals surface area contributed by atoms with Crippen LogP contribution in [-0.4, -0.2) is 15.8 Å². The summed E-state index contributed by atoms with van der Waals surface area (Å²) in [6.07, 6.45) is 3.78. The lowest BCUT2D eigenvalue weighted by atomic mass is 10.1. The molecule has 0 fully saturated rings. The first-order chi connectivity index (χ1) is 12.7. The molecule has 0 radical (unpaired) electrons. The SMILES string of the molecule is Nc1csc(NN=Cc2ccc3c(ccn3Cc3ccc(F)cc3)c2)n1. The Morgan fingerprint density at radius 1 is 1.19 bits per heavy atom. The van der Waals surface area contributed by atoms with Gasteiger partial charge in [0, 0.05) is 29.0 Å². The maximum atomic E-state index is 13.0. The van der Waals surface area contributed by atoms with Gasteiger partial charge in [-0.3, -0.25) is 5.43 Å². The van der Waals surface area contributed by atoms with Crippen LogP contribution in [-0.2, 0) is 6.54 Å². The molecule has 0 saturated heterocycles. The molecule has 0 spiro atoms. The molecule has 2 heterocycles. The number of nitrogen functional groups attached to an aromatic ring is 1. The fourth-order valence-electron chi connectivity index (χ4n) is 2.72. The lowest BCUT2D eigenvalue weighted by Gasteiger charge is -2.06. The van der Waals surface area contributed by atoms with Crippen molar-refractivity contribution in [2.45, 2.75) is 6.54 Å². The Morgan fingerprint density at radius 2 is 2.04 bits per heavy atom. The topological polar surface area (TPSA) is 68.2 Å². The van der Waals surface area contributed by atoms with Gasteiger partial charge in [0.2, 0.25) is 5.13 Å². The predicted octanol–water partition coefficient (Wildman–Crippen LogP) is 4.31. The summed E-state index contributed by atoms with van der Waals surface area (Å²) in [6, 6.07) is 14.8. The molecule has 26 heavy (non-hydrogen) atoms. The molecular formula is C19H16FN5S. The van der Waals surface area contributed by atoms with E-state index in [1.807, 2.05) is 12.3 Å². The van der Waals surface area contributed by atoms with E-state index in [2.05, 4.69) is 38.3 Å². The number of halogens is 1. The highest BCUT2D eigenvalue weighted by Crippen LogP contribution is 2.19. The zero-order valence-electron chi connectivity index (χ0n) is 13.8. The van der Waals surface area contributed by atoms with Gasteiger partial charge in [-0.05, 0) is 41.5 Å². The minimum Gasteiger partial charge on any atom is -0.383 e. The van der Waals surface area contributed by atoms with Crippen molar-refractivity contribution in [3.8, 4) is 0 Å². The highest BCUT2D eigenvalue weighted by Gasteiger charge is 2.03. The Labute approximate surface area is 153 Å². The van der Waals surface area contributed by atoms with E-state index in [0.717, 1.165) is 22.0 Å². The second kappa shape index (κ2) is 6.97. The summed E-state index contributed by atoms with van der Waals surface area (Å²) >= 11 is 1.40. The number of fused-ring (bicyclic) bond motifs is 1. The van der Waals surface area contributed by atoms with Crippen LogP contribution in [0, 0.1) is 5.82 Å². The fraction of sp³-hybridized carbons (Fsp3) is 0.0526. The third-order valence-electron chi connectivity index (χ3n) is 3.96. The van der Waals surface area contributed by atoms with E-state index in [1.54, 1.807) is 23.7 Å². The summed E-state index contributed by atoms with van der Waals surface area (Å²) in [5.74, 6) is 0.265. The van der Waals surface area contributed by atoms with E-state index in [4.69, 9.17) is 5.73 Å². The number of nitrogens with two attached hydrogens (primary N) is 1. The highest BCUT2D eigenvalue weighted by molar-refractivity contribution is 7.14. The van der Waals surface area contributed by atoms with Gasteiger partial charge in [-0.25, -0.2) is 9.37 Å². The van der Waals surface area contributed by atoms with Crippen LogP contribution in [0.2, 0.25) is 0 Å². The van der Waals surface area contributed by atoms with Gasteiger partial charge >= 0.3 is 0 Å². The average molecular weight is 365 g/mol. The van der Waals surface area contributed by atoms with Gasteiger partial charge in [-0.15, -0.1) is 11.3 Å². The van der Waals surface area contributed by atoms with Crippen molar-refractivity contribution in [1.29, 1.82) is 0 Å². The minimum absolute atomic E-state index is 0.218. The number of thiazole rings is 1. The summed E-state index contributed by atoms with van der Waals surface area (Å²) < 4.78 is 15.2. The van der Waals surface area contributed by atoms with Crippen LogP contribution in [0.3, 0.4) is 0 Å². The van der Waals surface area contributed by atoms with Gasteiger partial charge in [-0.1, -0.05) is 18.2 Å². The maximum Gasteiger partial charge on any atom is 0.205 e. The van der Waals surface area contributed by atoms with Gasteiger partial charge < -0.3 is 10.3 Å². The van der Waals surface area contributed by atoms with Crippen LogP contribution in [0.1, 0.15) is 11.1 Å². The van der Waals surface area contributed by atoms with E-state index in [0.29, 0.717) is 17.5 Å². The van der Waals surface area contributed by atoms with Crippen molar-refractivity contribution >= 4 is 39.4 Å². The second-order valence-corrected chi connectivity index (χ2v) is 6.69. The molecule has 0 saturated carbocycles. The molecule has 2 aromatic heterocycles. The highest BCUT2D eigenvalue weighted by atomic mass is 32.1. The van der Waals surface area contributed by atoms with Crippen molar-refractivity contribution in [2.24, 2.45) is 5.10 Å². The van der Waals surface area contributed by atoms with E-state index in [9.17, 15) is 4.39 Å². The van der Waals surface area contributed by atoms with Crippen molar-refractivity contribution in [3.05, 3.63) is 77.1 Å². The average Bonchev–Trinajstić information content (AvgIpc) is 3.23. The molecule has 0 amide bonds. The first-order valence-electron chi connectivity index (χ1n) is 8.01. The summed E-state index contributed by atoms with van der Waals surface area (Å²) in [4.78, 5) is 4.09. The number of nitrogens with zero attached hydrogens (tertiary/aromatic N) is 3. The molecule has 0 atom stereocenters. The van der Waals surface area contributed by atoms with E-state index >= 15 is 0 Å². The molecule has 0 aliphatic rings. The van der Waals surface area contributed by atoms with E-state index in [1.165, 1.54) is 23.5 Å². The normalized spacial score (nSPS) is 11.4. The molecule has 4 rings (SSSR count). The quantitative estimate of drug-likeness (QED) is 0.409. The maximum absolute atomic E-state index is 13.0. The number of hydrogen-bond donors (Lipinski definition) is 2. The Balaban J connectivity index is 1.50. The van der Waals surface area contributed by atoms with E-state index in [-0.39, 0.29) is 5.82 Å². The third kappa shape index (κ3) is 3.57. The number of hydrogen-bond acceptors (Lipinski definition) is 5. The fourth-order valence-corrected chi connectivity index (χ4v) is 3.27. The molecule has 5 nitrogen and oxygen atoms in total. The largest absolute Gasteiger partial charge is 0.383 e. The summed E-state index contributed by atoms with van der Waals surface area (Å²) in [6.45, 7) is 0.699. The zero-order chi connectivity index (χ0) is 17.9. The standard InChI is InChI=1S/C19H16FN5S/c20-16-4-1-13(2-5-16)11-25-8-7-15-9-14(3-6-17(15)25)10-22-24-19-23-18(21)12-26-19/h1-10,12H,11,21H2,(H,23,24). The molecule has 0 unspecified atom stereocenters. The summed E-state index contributed by atoms with van der Waals surface area (Å²) in [7, 11) is 0. The van der Waals surface area contributed by atoms with Gasteiger partial charge in [0.05, 0.1) is 6.21 Å². The monoisotopic (exact) mass is 365 g/mol. The van der Waals surface area contributed by atoms with Crippen molar-refractivity contribution < 1.29 is 4.39 Å². The summed E-state index contributed by atoms with van der Waals surface area (Å²) in [5.41, 5.74) is 11.6. The number of rotatable bonds is 5. The second-order valence-electron chi connectivity index (χ2n) is 5.84. The molecular weight excluding hydrogens is 349 g/mol. The van der Waals surface area contributed by atoms with Crippen LogP contribution in [0.25, 0.3) is 10.9 Å². The number of aromatic nitrogens is 2. The molecule has 130 valence electrons. The van der Waals surface area contributed by atoms with Gasteiger partial charge in [-0.2, -0.15) is 5.10 Å². The minimum atomic E-state index is -0.218. The molecule has 2 aromatic carbocycles. The Kier molecular flexibility index (Phi) is 4.37. The van der Waals surface area contributed by atoms with Crippen LogP contribution in [0.5, 0.6) is 0 Å². The number of hydrazone groups is 1. The Morgan fingerprint density at radius 3 is 2.81 bits per heavy atom. The van der Waals surface area contributed by atoms with E-state index < -0.39 is 0 Å². The smallest absolute Gasteiger partial charge is 0.205 e. The van der Waals surface area contributed by atoms with Crippen molar-refractivity contribution in [2.75, 3.05) is 11.2 Å². The lowest BCUT2D eigenvalue weighted by Crippen LogP contribution is -1.98. The van der Waals surface area contributed by atoms with Crippen LogP contribution in [0.15, 0.2) is 65.2 Å². The van der Waals surface area contributed by atoms with Crippen LogP contribution in [0.4, 0.5) is 15.3 Å². The first-order valence-corrected chi connectivity index (χ1v) is 8.89. The molecule has 0 aliphatic carbocycles. The predicted molar refractivity (Wildman–Crippen MR) is 105 cm³/mol. The summed E-state index contributed by atoms with van der Waals surface area (Å²) in [5, 5.41) is 7.73. The van der Waals surface area contributed by atoms with Crippen molar-refractivity contribution in [3.63, 3.8) is 0 Å². The molecule has 0 bridgehead atoms. The van der Waals surface area contributed by atoms with Gasteiger partial charge in [0.25, 0.3) is 0 Å². The van der Waals surface area contributed by atoms with Gasteiger partial charge in [0.15, 0.2) is 0 Å². The molecule has 0 aliphatic heterocycles. The van der Waals surface area contributed by atoms with Crippen molar-refractivity contribution in [1.82, 2.24) is 9.55 Å². The Bertz CT molecular complexity index is 1070. The number of benzene rings is 2. The lowest BCUT2D eigenvalue weighted by molar-refractivity contribution is 0.626. The molecule has 4 aromatic rings. The van der Waals surface area contributed by atoms with Gasteiger partial charge in [0.1, 0.15) is 11.6 Å². The zero-order valence-corrected chi connectivity index (χ0v) is 14.6. The number of anilines is 2. The Hall–Kier alpha value is -3.19. The van der Waals surface area contributed by atoms with Crippen LogP contribution >= 0.6 is 11.3 Å². The number of nitrogens with one attached hydrogen (secondary N) is 1. The third-order valence-corrected chi connectivity index (χ3v) is 4.72. The molecule has 3 N–H and O–H groups in total. The first kappa shape index (κ1) is 16.3. The molecule has 7 heteroatoms.